The first-order valence-electron chi connectivity index (χ1n) is 8.81. The Morgan fingerprint density at radius 2 is 2.15 bits per heavy atom. The predicted molar refractivity (Wildman–Crippen MR) is 96.5 cm³/mol. The van der Waals surface area contributed by atoms with E-state index >= 15 is 0 Å². The summed E-state index contributed by atoms with van der Waals surface area (Å²) in [5.74, 6) is 0.269. The van der Waals surface area contributed by atoms with Crippen LogP contribution in [0.15, 0.2) is 36.9 Å². The minimum absolute atomic E-state index is 0.154. The molecule has 1 aliphatic heterocycles. The molecular weight excluding hydrogens is 350 g/mol. The van der Waals surface area contributed by atoms with Crippen molar-refractivity contribution in [2.75, 3.05) is 27.0 Å². The summed E-state index contributed by atoms with van der Waals surface area (Å²) in [5, 5.41) is 0. The largest absolute Gasteiger partial charge is 0.469 e. The van der Waals surface area contributed by atoms with Crippen molar-refractivity contribution in [2.24, 2.45) is 5.92 Å². The molecule has 2 aromatic rings. The number of methoxy groups -OCH3 is 1. The van der Waals surface area contributed by atoms with E-state index in [0.29, 0.717) is 23.6 Å². The zero-order chi connectivity index (χ0) is 19.2. The fourth-order valence-corrected chi connectivity index (χ4v) is 2.96. The third-order valence-corrected chi connectivity index (χ3v) is 4.41. The quantitative estimate of drug-likeness (QED) is 0.658. The predicted octanol–water partition coefficient (Wildman–Crippen LogP) is 1.95. The van der Waals surface area contributed by atoms with Crippen molar-refractivity contribution in [3.05, 3.63) is 42.5 Å². The summed E-state index contributed by atoms with van der Waals surface area (Å²) in [6.07, 6.45) is 6.07. The first-order valence-corrected chi connectivity index (χ1v) is 8.81. The average Bonchev–Trinajstić information content (AvgIpc) is 3.36. The van der Waals surface area contributed by atoms with Gasteiger partial charge >= 0.3 is 5.97 Å². The molecule has 3 rings (SSSR count). The summed E-state index contributed by atoms with van der Waals surface area (Å²) < 4.78 is 17.4. The number of hydrogen-bond acceptors (Lipinski definition) is 6. The van der Waals surface area contributed by atoms with Crippen molar-refractivity contribution < 1.29 is 23.8 Å². The van der Waals surface area contributed by atoms with Gasteiger partial charge in [0.05, 0.1) is 19.4 Å². The van der Waals surface area contributed by atoms with Crippen molar-refractivity contribution in [1.29, 1.82) is 0 Å². The van der Waals surface area contributed by atoms with Gasteiger partial charge in [0, 0.05) is 37.6 Å². The van der Waals surface area contributed by atoms with Crippen molar-refractivity contribution >= 4 is 11.9 Å². The number of ether oxygens (including phenoxy) is 3. The molecule has 144 valence electrons. The van der Waals surface area contributed by atoms with Crippen LogP contribution in [0, 0.1) is 5.92 Å². The Labute approximate surface area is 157 Å². The highest BCUT2D eigenvalue weighted by atomic mass is 16.7. The molecule has 1 amide bonds. The number of imidazole rings is 1. The van der Waals surface area contributed by atoms with E-state index < -0.39 is 5.92 Å². The molecule has 2 heterocycles. The summed E-state index contributed by atoms with van der Waals surface area (Å²) in [6.45, 7) is 3.43. The first kappa shape index (κ1) is 18.8. The molecule has 0 aliphatic carbocycles. The van der Waals surface area contributed by atoms with Crippen LogP contribution in [0.3, 0.4) is 0 Å². The smallest absolute Gasteiger partial charge is 0.310 e. The second kappa shape index (κ2) is 8.57. The van der Waals surface area contributed by atoms with Crippen LogP contribution in [0.5, 0.6) is 11.5 Å². The van der Waals surface area contributed by atoms with Crippen molar-refractivity contribution in [1.82, 2.24) is 14.5 Å². The third kappa shape index (κ3) is 4.58. The number of aryl methyl sites for hydroxylation is 1. The minimum Gasteiger partial charge on any atom is -0.469 e. The van der Waals surface area contributed by atoms with E-state index in [4.69, 9.17) is 14.2 Å². The van der Waals surface area contributed by atoms with Gasteiger partial charge in [-0.1, -0.05) is 6.92 Å². The SMILES string of the molecule is COC(=O)C(C)CN(CCCn1ccnc1)C(=O)c1ccc2c(c1)OCO2. The molecular formula is C19H23N3O5. The first-order chi connectivity index (χ1) is 13.1. The summed E-state index contributed by atoms with van der Waals surface area (Å²) in [4.78, 5) is 30.5. The van der Waals surface area contributed by atoms with Crippen LogP contribution in [-0.2, 0) is 16.1 Å². The zero-order valence-electron chi connectivity index (χ0n) is 15.5. The number of fused-ring (bicyclic) bond motifs is 1. The van der Waals surface area contributed by atoms with Gasteiger partial charge in [0.25, 0.3) is 5.91 Å². The highest BCUT2D eigenvalue weighted by Gasteiger charge is 2.24. The lowest BCUT2D eigenvalue weighted by Gasteiger charge is -2.25. The van der Waals surface area contributed by atoms with E-state index in [0.717, 1.165) is 13.0 Å². The van der Waals surface area contributed by atoms with Gasteiger partial charge in [-0.2, -0.15) is 0 Å². The Kier molecular flexibility index (Phi) is 5.95. The van der Waals surface area contributed by atoms with E-state index in [-0.39, 0.29) is 25.2 Å². The monoisotopic (exact) mass is 373 g/mol. The molecule has 1 aliphatic rings. The van der Waals surface area contributed by atoms with Crippen LogP contribution >= 0.6 is 0 Å². The van der Waals surface area contributed by atoms with E-state index in [2.05, 4.69) is 4.98 Å². The minimum atomic E-state index is -0.416. The van der Waals surface area contributed by atoms with Crippen LogP contribution in [0.25, 0.3) is 0 Å². The van der Waals surface area contributed by atoms with Gasteiger partial charge in [-0.3, -0.25) is 9.59 Å². The van der Waals surface area contributed by atoms with Gasteiger partial charge in [-0.15, -0.1) is 0 Å². The number of benzene rings is 1. The van der Waals surface area contributed by atoms with Gasteiger partial charge in [-0.25, -0.2) is 4.98 Å². The second-order valence-corrected chi connectivity index (χ2v) is 6.40. The molecule has 0 fully saturated rings. The van der Waals surface area contributed by atoms with Crippen molar-refractivity contribution in [3.8, 4) is 11.5 Å². The van der Waals surface area contributed by atoms with Crippen LogP contribution < -0.4 is 9.47 Å². The van der Waals surface area contributed by atoms with Crippen LogP contribution in [0.2, 0.25) is 0 Å². The van der Waals surface area contributed by atoms with Crippen LogP contribution in [0.1, 0.15) is 23.7 Å². The average molecular weight is 373 g/mol. The Morgan fingerprint density at radius 3 is 2.89 bits per heavy atom. The molecule has 27 heavy (non-hydrogen) atoms. The lowest BCUT2D eigenvalue weighted by Crippen LogP contribution is -2.38. The molecule has 8 heteroatoms. The summed E-state index contributed by atoms with van der Waals surface area (Å²) in [6, 6.07) is 5.11. The van der Waals surface area contributed by atoms with Gasteiger partial charge in [-0.05, 0) is 24.6 Å². The Balaban J connectivity index is 1.70. The fourth-order valence-electron chi connectivity index (χ4n) is 2.96. The van der Waals surface area contributed by atoms with E-state index in [1.54, 1.807) is 42.5 Å². The molecule has 0 saturated heterocycles. The Bertz CT molecular complexity index is 791. The maximum Gasteiger partial charge on any atom is 0.310 e. The van der Waals surface area contributed by atoms with Crippen LogP contribution in [0.4, 0.5) is 0 Å². The molecule has 1 unspecified atom stereocenters. The van der Waals surface area contributed by atoms with Gasteiger partial charge < -0.3 is 23.7 Å². The van der Waals surface area contributed by atoms with E-state index in [1.165, 1.54) is 7.11 Å². The standard InChI is InChI=1S/C19H23N3O5/c1-14(19(24)25-2)11-22(8-3-7-21-9-6-20-12-21)18(23)15-4-5-16-17(10-15)27-13-26-16/h4-6,9-10,12,14H,3,7-8,11,13H2,1-2H3. The molecule has 0 bridgehead atoms. The number of nitrogens with zero attached hydrogens (tertiary/aromatic N) is 3. The van der Waals surface area contributed by atoms with Crippen molar-refractivity contribution in [3.63, 3.8) is 0 Å². The number of carbonyl (C=O) groups is 2. The molecule has 0 spiro atoms. The topological polar surface area (TPSA) is 82.9 Å². The van der Waals surface area contributed by atoms with Crippen LogP contribution in [-0.4, -0.2) is 53.3 Å². The molecule has 0 N–H and O–H groups in total. The van der Waals surface area contributed by atoms with Crippen molar-refractivity contribution in [2.45, 2.75) is 19.9 Å². The van der Waals surface area contributed by atoms with Gasteiger partial charge in [0.2, 0.25) is 6.79 Å². The number of hydrogen-bond donors (Lipinski definition) is 0. The van der Waals surface area contributed by atoms with Gasteiger partial charge in [0.1, 0.15) is 0 Å². The lowest BCUT2D eigenvalue weighted by molar-refractivity contribution is -0.145. The highest BCUT2D eigenvalue weighted by Crippen LogP contribution is 2.32. The molecule has 1 atom stereocenters. The van der Waals surface area contributed by atoms with E-state index in [1.807, 2.05) is 10.8 Å². The maximum absolute atomic E-state index is 13.0. The molecule has 1 aromatic carbocycles. The van der Waals surface area contributed by atoms with Gasteiger partial charge in [0.15, 0.2) is 11.5 Å². The Morgan fingerprint density at radius 1 is 1.33 bits per heavy atom. The zero-order valence-corrected chi connectivity index (χ0v) is 15.5. The number of aromatic nitrogens is 2. The number of esters is 1. The Hall–Kier alpha value is -3.03. The second-order valence-electron chi connectivity index (χ2n) is 6.40. The fraction of sp³-hybridized carbons (Fsp3) is 0.421. The molecule has 0 saturated carbocycles. The number of carbonyl (C=O) groups excluding carboxylic acids is 2. The third-order valence-electron chi connectivity index (χ3n) is 4.41. The highest BCUT2D eigenvalue weighted by molar-refractivity contribution is 5.95. The number of rotatable bonds is 8. The normalized spacial score (nSPS) is 13.3. The summed E-state index contributed by atoms with van der Waals surface area (Å²) >= 11 is 0. The molecule has 0 radical (unpaired) electrons. The molecule has 8 nitrogen and oxygen atoms in total. The van der Waals surface area contributed by atoms with E-state index in [9.17, 15) is 9.59 Å². The summed E-state index contributed by atoms with van der Waals surface area (Å²) in [7, 11) is 1.35. The number of amides is 1. The lowest BCUT2D eigenvalue weighted by atomic mass is 10.1. The molecule has 1 aromatic heterocycles. The maximum atomic E-state index is 13.0. The summed E-state index contributed by atoms with van der Waals surface area (Å²) in [5.41, 5.74) is 0.499.